The van der Waals surface area contributed by atoms with E-state index in [4.69, 9.17) is 9.47 Å². The van der Waals surface area contributed by atoms with Crippen LogP contribution in [-0.2, 0) is 28.7 Å². The van der Waals surface area contributed by atoms with Gasteiger partial charge < -0.3 is 19.1 Å². The van der Waals surface area contributed by atoms with Crippen molar-refractivity contribution in [3.63, 3.8) is 0 Å². The van der Waals surface area contributed by atoms with Crippen LogP contribution in [0.15, 0.2) is 0 Å². The molecule has 0 aliphatic rings. The number of rotatable bonds is 18. The summed E-state index contributed by atoms with van der Waals surface area (Å²) < 4.78 is 10.4. The largest absolute Gasteiger partial charge is 0.466 e. The first-order chi connectivity index (χ1) is 13.7. The Morgan fingerprint density at radius 2 is 0.966 bits per heavy atom. The van der Waals surface area contributed by atoms with Crippen molar-refractivity contribution in [2.45, 2.75) is 98.3 Å². The predicted molar refractivity (Wildman–Crippen MR) is 112 cm³/mol. The molecule has 0 heterocycles. The molecule has 0 saturated heterocycles. The maximum atomic E-state index is 11.7. The van der Waals surface area contributed by atoms with Crippen LogP contribution in [0.4, 0.5) is 0 Å². The number of carbonyl (C=O) groups is 4. The molecule has 0 fully saturated rings. The summed E-state index contributed by atoms with van der Waals surface area (Å²) in [6.07, 6.45) is 7.33. The first kappa shape index (κ1) is 27.3. The van der Waals surface area contributed by atoms with Gasteiger partial charge in [0, 0.05) is 25.7 Å². The molecular formula is C23H40O6. The van der Waals surface area contributed by atoms with Crippen molar-refractivity contribution in [2.75, 3.05) is 13.2 Å². The van der Waals surface area contributed by atoms with E-state index in [1.165, 1.54) is 0 Å². The number of ketones is 2. The molecule has 0 aromatic rings. The average molecular weight is 413 g/mol. The minimum Gasteiger partial charge on any atom is -0.466 e. The fraction of sp³-hybridized carbons (Fsp3) is 0.826. The van der Waals surface area contributed by atoms with E-state index < -0.39 is 0 Å². The van der Waals surface area contributed by atoms with Gasteiger partial charge in [-0.2, -0.15) is 0 Å². The number of hydrogen-bond donors (Lipinski definition) is 0. The molecule has 0 N–H and O–H groups in total. The van der Waals surface area contributed by atoms with Gasteiger partial charge in [-0.25, -0.2) is 0 Å². The van der Waals surface area contributed by atoms with Crippen molar-refractivity contribution in [1.29, 1.82) is 0 Å². The lowest BCUT2D eigenvalue weighted by molar-refractivity contribution is -0.145. The smallest absolute Gasteiger partial charge is 0.305 e. The van der Waals surface area contributed by atoms with Gasteiger partial charge in [-0.05, 0) is 57.8 Å². The summed E-state index contributed by atoms with van der Waals surface area (Å²) >= 11 is 0. The second-order valence-corrected chi connectivity index (χ2v) is 8.27. The second-order valence-electron chi connectivity index (χ2n) is 8.27. The molecule has 0 rings (SSSR count). The number of hydrogen-bond acceptors (Lipinski definition) is 6. The van der Waals surface area contributed by atoms with Gasteiger partial charge in [-0.3, -0.25) is 9.59 Å². The molecule has 6 heteroatoms. The summed E-state index contributed by atoms with van der Waals surface area (Å²) in [7, 11) is 0. The summed E-state index contributed by atoms with van der Waals surface area (Å²) in [5.74, 6) is 0.687. The van der Waals surface area contributed by atoms with Crippen LogP contribution in [0.5, 0.6) is 0 Å². The van der Waals surface area contributed by atoms with Crippen molar-refractivity contribution in [1.82, 2.24) is 0 Å². The Bertz CT molecular complexity index is 456. The van der Waals surface area contributed by atoms with E-state index in [9.17, 15) is 19.2 Å². The van der Waals surface area contributed by atoms with Crippen LogP contribution in [0.1, 0.15) is 98.3 Å². The van der Waals surface area contributed by atoms with E-state index in [0.717, 1.165) is 38.5 Å². The SMILES string of the molecule is CC(=O)CCCC(C)CCOC(=O)CCCC(=O)OCCC(C)CCCC(C)=O. The Morgan fingerprint density at radius 3 is 1.31 bits per heavy atom. The minimum absolute atomic E-state index is 0.210. The zero-order chi connectivity index (χ0) is 22.1. The lowest BCUT2D eigenvalue weighted by Gasteiger charge is -2.12. The lowest BCUT2D eigenvalue weighted by atomic mass is 10.0. The summed E-state index contributed by atoms with van der Waals surface area (Å²) in [4.78, 5) is 45.3. The first-order valence-corrected chi connectivity index (χ1v) is 11.0. The third-order valence-corrected chi connectivity index (χ3v) is 4.96. The van der Waals surface area contributed by atoms with Gasteiger partial charge in [0.05, 0.1) is 13.2 Å². The lowest BCUT2D eigenvalue weighted by Crippen LogP contribution is -2.11. The number of ether oxygens (including phenoxy) is 2. The molecule has 0 radical (unpaired) electrons. The summed E-state index contributed by atoms with van der Waals surface area (Å²) in [6.45, 7) is 8.14. The molecule has 0 aromatic carbocycles. The van der Waals surface area contributed by atoms with Gasteiger partial charge >= 0.3 is 11.9 Å². The van der Waals surface area contributed by atoms with E-state index in [-0.39, 0.29) is 36.3 Å². The highest BCUT2D eigenvalue weighted by Crippen LogP contribution is 2.14. The van der Waals surface area contributed by atoms with Crippen LogP contribution in [0, 0.1) is 11.8 Å². The third-order valence-electron chi connectivity index (χ3n) is 4.96. The maximum Gasteiger partial charge on any atom is 0.305 e. The normalized spacial score (nSPS) is 12.8. The Morgan fingerprint density at radius 1 is 0.586 bits per heavy atom. The minimum atomic E-state index is -0.284. The molecule has 0 aliphatic carbocycles. The van der Waals surface area contributed by atoms with Gasteiger partial charge in [0.15, 0.2) is 0 Å². The van der Waals surface area contributed by atoms with Gasteiger partial charge in [0.1, 0.15) is 11.6 Å². The molecule has 0 amide bonds. The molecule has 29 heavy (non-hydrogen) atoms. The molecule has 0 spiro atoms. The Hall–Kier alpha value is -1.72. The highest BCUT2D eigenvalue weighted by atomic mass is 16.5. The summed E-state index contributed by atoms with van der Waals surface area (Å²) in [5.41, 5.74) is 0. The van der Waals surface area contributed by atoms with Crippen LogP contribution >= 0.6 is 0 Å². The molecule has 0 bridgehead atoms. The molecule has 0 saturated carbocycles. The van der Waals surface area contributed by atoms with Crippen molar-refractivity contribution < 1.29 is 28.7 Å². The highest BCUT2D eigenvalue weighted by Gasteiger charge is 2.10. The molecule has 0 aromatic heterocycles. The van der Waals surface area contributed by atoms with E-state index in [1.54, 1.807) is 13.8 Å². The van der Waals surface area contributed by atoms with Crippen molar-refractivity contribution >= 4 is 23.5 Å². The number of esters is 2. The standard InChI is InChI=1S/C23H40O6/c1-18(8-5-10-20(3)24)14-16-28-22(26)12-7-13-23(27)29-17-15-19(2)9-6-11-21(4)25/h18-19H,5-17H2,1-4H3. The van der Waals surface area contributed by atoms with Gasteiger partial charge in [-0.15, -0.1) is 0 Å². The highest BCUT2D eigenvalue weighted by molar-refractivity contribution is 5.75. The molecule has 2 atom stereocenters. The van der Waals surface area contributed by atoms with Gasteiger partial charge in [-0.1, -0.05) is 26.7 Å². The third kappa shape index (κ3) is 19.4. The Labute approximate surface area is 176 Å². The number of carbonyl (C=O) groups excluding carboxylic acids is 4. The monoisotopic (exact) mass is 412 g/mol. The predicted octanol–water partition coefficient (Wildman–Crippen LogP) is 4.81. The molecule has 6 nitrogen and oxygen atoms in total. The van der Waals surface area contributed by atoms with E-state index in [2.05, 4.69) is 13.8 Å². The van der Waals surface area contributed by atoms with Crippen LogP contribution in [0.3, 0.4) is 0 Å². The average Bonchev–Trinajstić information content (AvgIpc) is 2.61. The zero-order valence-corrected chi connectivity index (χ0v) is 18.8. The van der Waals surface area contributed by atoms with Crippen molar-refractivity contribution in [2.24, 2.45) is 11.8 Å². The quantitative estimate of drug-likeness (QED) is 0.300. The first-order valence-electron chi connectivity index (χ1n) is 11.0. The van der Waals surface area contributed by atoms with Crippen molar-refractivity contribution in [3.8, 4) is 0 Å². The van der Waals surface area contributed by atoms with E-state index in [0.29, 0.717) is 44.3 Å². The van der Waals surface area contributed by atoms with Crippen LogP contribution in [-0.4, -0.2) is 36.7 Å². The summed E-state index contributed by atoms with van der Waals surface area (Å²) in [5, 5.41) is 0. The maximum absolute atomic E-state index is 11.7. The fourth-order valence-corrected chi connectivity index (χ4v) is 2.96. The van der Waals surface area contributed by atoms with Gasteiger partial charge in [0.2, 0.25) is 0 Å². The van der Waals surface area contributed by atoms with E-state index >= 15 is 0 Å². The van der Waals surface area contributed by atoms with Gasteiger partial charge in [0.25, 0.3) is 0 Å². The second kappa shape index (κ2) is 17.2. The summed E-state index contributed by atoms with van der Waals surface area (Å²) in [6, 6.07) is 0. The molecular weight excluding hydrogens is 372 g/mol. The zero-order valence-electron chi connectivity index (χ0n) is 18.8. The topological polar surface area (TPSA) is 86.7 Å². The van der Waals surface area contributed by atoms with Crippen LogP contribution in [0.25, 0.3) is 0 Å². The van der Waals surface area contributed by atoms with Crippen molar-refractivity contribution in [3.05, 3.63) is 0 Å². The number of Topliss-reactive ketones (excluding diaryl/α,β-unsaturated/α-hetero) is 2. The fourth-order valence-electron chi connectivity index (χ4n) is 2.96. The van der Waals surface area contributed by atoms with E-state index in [1.807, 2.05) is 0 Å². The molecule has 2 unspecified atom stereocenters. The Balaban J connectivity index is 3.62. The molecule has 168 valence electrons. The Kier molecular flexibility index (Phi) is 16.1. The van der Waals surface area contributed by atoms with Crippen LogP contribution in [0.2, 0.25) is 0 Å². The van der Waals surface area contributed by atoms with Crippen LogP contribution < -0.4 is 0 Å². The molecule has 0 aliphatic heterocycles.